The molecule has 1 aliphatic heterocycles. The lowest BCUT2D eigenvalue weighted by atomic mass is 9.86. The van der Waals surface area contributed by atoms with Crippen LogP contribution >= 0.6 is 34.8 Å². The van der Waals surface area contributed by atoms with Crippen LogP contribution in [-0.4, -0.2) is 27.3 Å². The smallest absolute Gasteiger partial charge is 0.211 e. The van der Waals surface area contributed by atoms with Crippen molar-refractivity contribution < 1.29 is 8.42 Å². The van der Waals surface area contributed by atoms with Gasteiger partial charge in [0, 0.05) is 33.8 Å². The van der Waals surface area contributed by atoms with Gasteiger partial charge in [-0.05, 0) is 85.9 Å². The lowest BCUT2D eigenvalue weighted by molar-refractivity contribution is 0.342. The molecule has 1 saturated heterocycles. The van der Waals surface area contributed by atoms with Gasteiger partial charge in [0.1, 0.15) is 0 Å². The molecule has 4 nitrogen and oxygen atoms in total. The first-order valence-electron chi connectivity index (χ1n) is 12.3. The summed E-state index contributed by atoms with van der Waals surface area (Å²) in [6, 6.07) is 13.7. The highest BCUT2D eigenvalue weighted by atomic mass is 35.5. The van der Waals surface area contributed by atoms with Gasteiger partial charge in [-0.2, -0.15) is 0 Å². The molecule has 8 heteroatoms. The highest BCUT2D eigenvalue weighted by Gasteiger charge is 2.31. The number of rotatable bonds is 8. The zero-order valence-electron chi connectivity index (χ0n) is 19.4. The summed E-state index contributed by atoms with van der Waals surface area (Å²) in [6.07, 6.45) is 8.38. The molecule has 2 fully saturated rings. The van der Waals surface area contributed by atoms with Gasteiger partial charge in [-0.1, -0.05) is 60.1 Å². The molecule has 0 bridgehead atoms. The predicted octanol–water partition coefficient (Wildman–Crippen LogP) is 7.49. The Morgan fingerprint density at radius 1 is 0.853 bits per heavy atom. The average molecular weight is 544 g/mol. The highest BCUT2D eigenvalue weighted by Crippen LogP contribution is 2.41. The van der Waals surface area contributed by atoms with Gasteiger partial charge in [-0.15, -0.1) is 0 Å². The van der Waals surface area contributed by atoms with Crippen LogP contribution in [0.4, 0.5) is 5.69 Å². The van der Waals surface area contributed by atoms with Gasteiger partial charge >= 0.3 is 0 Å². The molecule has 1 aliphatic carbocycles. The van der Waals surface area contributed by atoms with Gasteiger partial charge in [0.05, 0.1) is 11.8 Å². The van der Waals surface area contributed by atoms with Gasteiger partial charge < -0.3 is 4.90 Å². The molecule has 0 unspecified atom stereocenters. The maximum Gasteiger partial charge on any atom is 0.211 e. The summed E-state index contributed by atoms with van der Waals surface area (Å²) in [4.78, 5) is 2.37. The van der Waals surface area contributed by atoms with E-state index >= 15 is 0 Å². The topological polar surface area (TPSA) is 49.4 Å². The molecule has 0 amide bonds. The first-order valence-corrected chi connectivity index (χ1v) is 15.0. The van der Waals surface area contributed by atoms with Gasteiger partial charge in [0.25, 0.3) is 0 Å². The van der Waals surface area contributed by atoms with Crippen LogP contribution in [0.15, 0.2) is 42.5 Å². The minimum Gasteiger partial charge on any atom is -0.364 e. The van der Waals surface area contributed by atoms with E-state index in [1.807, 2.05) is 36.4 Å². The van der Waals surface area contributed by atoms with Crippen LogP contribution in [-0.2, 0) is 10.0 Å². The van der Waals surface area contributed by atoms with Crippen molar-refractivity contribution in [3.8, 4) is 0 Å². The van der Waals surface area contributed by atoms with Gasteiger partial charge in [0.15, 0.2) is 0 Å². The molecule has 2 aromatic carbocycles. The van der Waals surface area contributed by atoms with Crippen molar-refractivity contribution in [3.05, 3.63) is 63.1 Å². The van der Waals surface area contributed by atoms with Crippen molar-refractivity contribution in [3.63, 3.8) is 0 Å². The fourth-order valence-electron chi connectivity index (χ4n) is 5.44. The number of anilines is 1. The third-order valence-corrected chi connectivity index (χ3v) is 9.58. The molecule has 2 aliphatic rings. The largest absolute Gasteiger partial charge is 0.364 e. The number of halogens is 3. The zero-order chi connectivity index (χ0) is 24.1. The summed E-state index contributed by atoms with van der Waals surface area (Å²) in [7, 11) is -3.22. The average Bonchev–Trinajstić information content (AvgIpc) is 2.80. The molecule has 1 N–H and O–H groups in total. The minimum absolute atomic E-state index is 0.130. The van der Waals surface area contributed by atoms with Crippen molar-refractivity contribution in [2.24, 2.45) is 11.8 Å². The molecule has 0 radical (unpaired) electrons. The first-order chi connectivity index (χ1) is 16.3. The van der Waals surface area contributed by atoms with Crippen molar-refractivity contribution in [1.29, 1.82) is 0 Å². The maximum absolute atomic E-state index is 12.6. The van der Waals surface area contributed by atoms with Crippen molar-refractivity contribution in [2.45, 2.75) is 57.4 Å². The number of sulfonamides is 1. The van der Waals surface area contributed by atoms with Crippen molar-refractivity contribution in [1.82, 2.24) is 4.72 Å². The van der Waals surface area contributed by atoms with E-state index in [9.17, 15) is 8.42 Å². The van der Waals surface area contributed by atoms with Crippen LogP contribution < -0.4 is 9.62 Å². The normalized spacial score (nSPS) is 22.1. The molecule has 1 saturated carbocycles. The van der Waals surface area contributed by atoms with E-state index in [1.165, 1.54) is 6.42 Å². The molecule has 0 spiro atoms. The molecule has 1 heterocycles. The Kier molecular flexibility index (Phi) is 9.08. The van der Waals surface area contributed by atoms with Crippen LogP contribution in [0.5, 0.6) is 0 Å². The van der Waals surface area contributed by atoms with Crippen LogP contribution in [0.1, 0.15) is 63.0 Å². The summed E-state index contributed by atoms with van der Waals surface area (Å²) < 4.78 is 28.1. The van der Waals surface area contributed by atoms with E-state index in [4.69, 9.17) is 34.8 Å². The summed E-state index contributed by atoms with van der Waals surface area (Å²) in [5.41, 5.74) is 2.15. The molecular weight excluding hydrogens is 511 g/mol. The van der Waals surface area contributed by atoms with E-state index in [1.54, 1.807) is 6.07 Å². The summed E-state index contributed by atoms with van der Waals surface area (Å²) in [5, 5.41) is 2.00. The lowest BCUT2D eigenvalue weighted by Crippen LogP contribution is -2.40. The Morgan fingerprint density at radius 2 is 1.56 bits per heavy atom. The third-order valence-electron chi connectivity index (χ3n) is 7.21. The summed E-state index contributed by atoms with van der Waals surface area (Å²) in [5.74, 6) is 0.965. The summed E-state index contributed by atoms with van der Waals surface area (Å²) >= 11 is 18.9. The molecule has 186 valence electrons. The Morgan fingerprint density at radius 3 is 2.26 bits per heavy atom. The Hall–Kier alpha value is -0.980. The zero-order valence-corrected chi connectivity index (χ0v) is 22.4. The van der Waals surface area contributed by atoms with Crippen LogP contribution in [0.25, 0.3) is 0 Å². The van der Waals surface area contributed by atoms with E-state index in [-0.39, 0.29) is 11.8 Å². The van der Waals surface area contributed by atoms with Crippen LogP contribution in [0.2, 0.25) is 15.1 Å². The van der Waals surface area contributed by atoms with Crippen molar-refractivity contribution in [2.75, 3.05) is 23.7 Å². The SMILES string of the molecule is O=S(=O)(CC1CCCCC1)NCC[C@@H]1CC[C@@H](c2ccc(Cl)cc2Cl)N(c2ccc(Cl)cc2)C1. The number of benzene rings is 2. The fraction of sp³-hybridized carbons (Fsp3) is 0.538. The fourth-order valence-corrected chi connectivity index (χ4v) is 7.60. The molecule has 2 atom stereocenters. The minimum atomic E-state index is -3.22. The van der Waals surface area contributed by atoms with Crippen LogP contribution in [0, 0.1) is 11.8 Å². The Labute approximate surface area is 219 Å². The number of nitrogens with one attached hydrogen (secondary N) is 1. The van der Waals surface area contributed by atoms with Gasteiger partial charge in [-0.3, -0.25) is 0 Å². The number of piperidine rings is 1. The first kappa shape index (κ1) is 26.1. The second-order valence-corrected chi connectivity index (χ2v) is 12.9. The van der Waals surface area contributed by atoms with Crippen molar-refractivity contribution >= 4 is 50.5 Å². The van der Waals surface area contributed by atoms with Gasteiger partial charge in [-0.25, -0.2) is 13.1 Å². The quantitative estimate of drug-likeness (QED) is 0.375. The van der Waals surface area contributed by atoms with E-state index in [2.05, 4.69) is 9.62 Å². The van der Waals surface area contributed by atoms with Gasteiger partial charge in [0.2, 0.25) is 10.0 Å². The molecular formula is C26H33Cl3N2O2S. The molecule has 4 rings (SSSR count). The Balaban J connectivity index is 1.41. The molecule has 0 aromatic heterocycles. The summed E-state index contributed by atoms with van der Waals surface area (Å²) in [6.45, 7) is 1.32. The standard InChI is InChI=1S/C26H33Cl3N2O2S/c27-21-7-10-23(11-8-21)31-17-19(6-13-26(31)24-12-9-22(28)16-25(24)29)14-15-30-34(32,33)18-20-4-2-1-3-5-20/h7-12,16,19-20,26,30H,1-6,13-15,17-18H2/t19-,26-/m0/s1. The highest BCUT2D eigenvalue weighted by molar-refractivity contribution is 7.89. The Bertz CT molecular complexity index is 1060. The van der Waals surface area contributed by atoms with E-state index < -0.39 is 10.0 Å². The monoisotopic (exact) mass is 542 g/mol. The lowest BCUT2D eigenvalue weighted by Gasteiger charge is -2.42. The number of hydrogen-bond acceptors (Lipinski definition) is 3. The second kappa shape index (κ2) is 11.8. The van der Waals surface area contributed by atoms with E-state index in [0.717, 1.165) is 62.7 Å². The van der Waals surface area contributed by atoms with E-state index in [0.29, 0.717) is 33.4 Å². The van der Waals surface area contributed by atoms with Crippen LogP contribution in [0.3, 0.4) is 0 Å². The number of nitrogens with zero attached hydrogens (tertiary/aromatic N) is 1. The maximum atomic E-state index is 12.6. The molecule has 34 heavy (non-hydrogen) atoms. The number of hydrogen-bond donors (Lipinski definition) is 1. The third kappa shape index (κ3) is 7.04. The second-order valence-electron chi connectivity index (χ2n) is 9.72. The molecule has 2 aromatic rings. The predicted molar refractivity (Wildman–Crippen MR) is 144 cm³/mol.